The number of nitrogens with one attached hydrogen (secondary N) is 1. The number of benzene rings is 3. The number of hydrogen-bond donors (Lipinski definition) is 1. The van der Waals surface area contributed by atoms with Crippen LogP contribution in [0.15, 0.2) is 90.1 Å². The van der Waals surface area contributed by atoms with Crippen molar-refractivity contribution in [2.75, 3.05) is 17.7 Å². The highest BCUT2D eigenvalue weighted by Crippen LogP contribution is 2.23. The van der Waals surface area contributed by atoms with E-state index in [4.69, 9.17) is 4.74 Å². The summed E-state index contributed by atoms with van der Waals surface area (Å²) in [5, 5.41) is 13.2. The lowest BCUT2D eigenvalue weighted by atomic mass is 10.3. The summed E-state index contributed by atoms with van der Waals surface area (Å²) in [5.74, 6) is 2.53. The molecule has 30 heavy (non-hydrogen) atoms. The Morgan fingerprint density at radius 3 is 2.30 bits per heavy atom. The Hall–Kier alpha value is -2.52. The Morgan fingerprint density at radius 1 is 0.867 bits per heavy atom. The van der Waals surface area contributed by atoms with Crippen molar-refractivity contribution in [3.05, 3.63) is 94.3 Å². The molecule has 7 heteroatoms. The summed E-state index contributed by atoms with van der Waals surface area (Å²) in [7, 11) is 0. The zero-order valence-corrected chi connectivity index (χ0v) is 19.2. The van der Waals surface area contributed by atoms with Crippen LogP contribution in [0.5, 0.6) is 5.75 Å². The summed E-state index contributed by atoms with van der Waals surface area (Å²) < 4.78 is 9.12. The first-order chi connectivity index (χ1) is 14.8. The molecular formula is C23H21IN4OS. The quantitative estimate of drug-likeness (QED) is 0.173. The van der Waals surface area contributed by atoms with Crippen LogP contribution in [0.1, 0.15) is 5.82 Å². The number of rotatable bonds is 9. The summed E-state index contributed by atoms with van der Waals surface area (Å²) in [6.07, 6.45) is 0. The minimum Gasteiger partial charge on any atom is -0.493 e. The van der Waals surface area contributed by atoms with Crippen LogP contribution >= 0.6 is 34.4 Å². The third-order valence-corrected chi connectivity index (χ3v) is 5.95. The van der Waals surface area contributed by atoms with Gasteiger partial charge in [-0.3, -0.25) is 4.57 Å². The Kier molecular flexibility index (Phi) is 7.25. The molecule has 1 heterocycles. The van der Waals surface area contributed by atoms with Crippen LogP contribution in [0, 0.1) is 3.57 Å². The van der Waals surface area contributed by atoms with Gasteiger partial charge in [0.15, 0.2) is 11.0 Å². The highest BCUT2D eigenvalue weighted by atomic mass is 127. The molecule has 0 spiro atoms. The monoisotopic (exact) mass is 528 g/mol. The van der Waals surface area contributed by atoms with Gasteiger partial charge in [0.05, 0.1) is 13.2 Å². The number of ether oxygens (including phenoxy) is 1. The van der Waals surface area contributed by atoms with E-state index in [2.05, 4.69) is 79.1 Å². The number of para-hydroxylation sites is 2. The molecule has 4 aromatic rings. The maximum absolute atomic E-state index is 5.80. The molecule has 1 N–H and O–H groups in total. The predicted octanol–water partition coefficient (Wildman–Crippen LogP) is 5.66. The molecule has 0 unspecified atom stereocenters. The first-order valence-electron chi connectivity index (χ1n) is 9.59. The standard InChI is InChI=1S/C23H21IN4OS/c24-18-11-13-19(14-12-18)25-17-22-26-27-23(28(22)20-7-3-1-4-8-20)30-16-15-29-21-9-5-2-6-10-21/h1-14,25H,15-17H2. The van der Waals surface area contributed by atoms with Gasteiger partial charge in [0.1, 0.15) is 5.75 Å². The van der Waals surface area contributed by atoms with E-state index in [-0.39, 0.29) is 0 Å². The lowest BCUT2D eigenvalue weighted by molar-refractivity contribution is 0.344. The number of hydrogen-bond acceptors (Lipinski definition) is 5. The number of aromatic nitrogens is 3. The maximum atomic E-state index is 5.80. The second-order valence-electron chi connectivity index (χ2n) is 6.44. The summed E-state index contributed by atoms with van der Waals surface area (Å²) in [6, 6.07) is 28.4. The fourth-order valence-corrected chi connectivity index (χ4v) is 4.05. The molecule has 0 aliphatic heterocycles. The van der Waals surface area contributed by atoms with E-state index < -0.39 is 0 Å². The Bertz CT molecular complexity index is 1060. The maximum Gasteiger partial charge on any atom is 0.196 e. The second kappa shape index (κ2) is 10.5. The first kappa shape index (κ1) is 20.7. The van der Waals surface area contributed by atoms with Crippen molar-refractivity contribution in [3.8, 4) is 11.4 Å². The third-order valence-electron chi connectivity index (χ3n) is 4.34. The van der Waals surface area contributed by atoms with Crippen molar-refractivity contribution in [2.45, 2.75) is 11.7 Å². The van der Waals surface area contributed by atoms with Crippen LogP contribution in [-0.4, -0.2) is 27.1 Å². The Morgan fingerprint density at radius 2 is 1.57 bits per heavy atom. The lowest BCUT2D eigenvalue weighted by Crippen LogP contribution is -2.09. The minimum absolute atomic E-state index is 0.587. The molecule has 3 aromatic carbocycles. The average Bonchev–Trinajstić information content (AvgIpc) is 3.20. The highest BCUT2D eigenvalue weighted by Gasteiger charge is 2.14. The van der Waals surface area contributed by atoms with Crippen molar-refractivity contribution in [2.24, 2.45) is 0 Å². The van der Waals surface area contributed by atoms with Crippen molar-refractivity contribution in [1.29, 1.82) is 0 Å². The smallest absolute Gasteiger partial charge is 0.196 e. The predicted molar refractivity (Wildman–Crippen MR) is 131 cm³/mol. The number of anilines is 1. The van der Waals surface area contributed by atoms with Crippen LogP contribution in [0.3, 0.4) is 0 Å². The molecule has 0 atom stereocenters. The Labute approximate surface area is 194 Å². The summed E-state index contributed by atoms with van der Waals surface area (Å²) in [4.78, 5) is 0. The summed E-state index contributed by atoms with van der Waals surface area (Å²) in [5.41, 5.74) is 2.11. The van der Waals surface area contributed by atoms with E-state index in [1.807, 2.05) is 48.5 Å². The normalized spacial score (nSPS) is 10.7. The molecule has 5 nitrogen and oxygen atoms in total. The van der Waals surface area contributed by atoms with Gasteiger partial charge in [0, 0.05) is 20.7 Å². The van der Waals surface area contributed by atoms with Crippen LogP contribution in [0.2, 0.25) is 0 Å². The van der Waals surface area contributed by atoms with E-state index in [1.54, 1.807) is 11.8 Å². The van der Waals surface area contributed by atoms with E-state index in [0.29, 0.717) is 13.2 Å². The molecule has 0 saturated heterocycles. The fraction of sp³-hybridized carbons (Fsp3) is 0.130. The molecule has 0 aliphatic rings. The summed E-state index contributed by atoms with van der Waals surface area (Å²) in [6.45, 7) is 1.19. The van der Waals surface area contributed by atoms with Gasteiger partial charge in [-0.05, 0) is 71.1 Å². The molecule has 4 rings (SSSR count). The molecule has 0 fully saturated rings. The molecule has 0 saturated carbocycles. The average molecular weight is 528 g/mol. The highest BCUT2D eigenvalue weighted by molar-refractivity contribution is 14.1. The number of halogens is 1. The lowest BCUT2D eigenvalue weighted by Gasteiger charge is -2.12. The van der Waals surface area contributed by atoms with Crippen molar-refractivity contribution in [1.82, 2.24) is 14.8 Å². The van der Waals surface area contributed by atoms with E-state index in [0.717, 1.165) is 33.9 Å². The van der Waals surface area contributed by atoms with Crippen LogP contribution < -0.4 is 10.1 Å². The Balaban J connectivity index is 1.45. The molecule has 0 bridgehead atoms. The van der Waals surface area contributed by atoms with Gasteiger partial charge in [-0.2, -0.15) is 0 Å². The van der Waals surface area contributed by atoms with E-state index in [1.165, 1.54) is 3.57 Å². The van der Waals surface area contributed by atoms with Gasteiger partial charge in [-0.15, -0.1) is 10.2 Å². The minimum atomic E-state index is 0.587. The molecule has 152 valence electrons. The fourth-order valence-electron chi connectivity index (χ4n) is 2.90. The van der Waals surface area contributed by atoms with Crippen molar-refractivity contribution in [3.63, 3.8) is 0 Å². The third kappa shape index (κ3) is 5.54. The van der Waals surface area contributed by atoms with Crippen molar-refractivity contribution >= 4 is 40.0 Å². The largest absolute Gasteiger partial charge is 0.493 e. The topological polar surface area (TPSA) is 52.0 Å². The van der Waals surface area contributed by atoms with Crippen molar-refractivity contribution < 1.29 is 4.74 Å². The first-order valence-corrected chi connectivity index (χ1v) is 11.7. The zero-order valence-electron chi connectivity index (χ0n) is 16.2. The molecule has 0 radical (unpaired) electrons. The van der Waals surface area contributed by atoms with Gasteiger partial charge < -0.3 is 10.1 Å². The van der Waals surface area contributed by atoms with E-state index in [9.17, 15) is 0 Å². The van der Waals surface area contributed by atoms with Gasteiger partial charge in [0.25, 0.3) is 0 Å². The molecule has 0 amide bonds. The van der Waals surface area contributed by atoms with Crippen LogP contribution in [-0.2, 0) is 6.54 Å². The van der Waals surface area contributed by atoms with Gasteiger partial charge in [-0.25, -0.2) is 0 Å². The van der Waals surface area contributed by atoms with Gasteiger partial charge >= 0.3 is 0 Å². The van der Waals surface area contributed by atoms with Crippen LogP contribution in [0.25, 0.3) is 5.69 Å². The second-order valence-corrected chi connectivity index (χ2v) is 8.75. The molecule has 1 aromatic heterocycles. The molecular weight excluding hydrogens is 507 g/mol. The SMILES string of the molecule is Ic1ccc(NCc2nnc(SCCOc3ccccc3)n2-c2ccccc2)cc1. The number of thioether (sulfide) groups is 1. The summed E-state index contributed by atoms with van der Waals surface area (Å²) >= 11 is 3.95. The van der Waals surface area contributed by atoms with Crippen LogP contribution in [0.4, 0.5) is 5.69 Å². The van der Waals surface area contributed by atoms with Gasteiger partial charge in [0.2, 0.25) is 0 Å². The number of nitrogens with zero attached hydrogens (tertiary/aromatic N) is 3. The van der Waals surface area contributed by atoms with Gasteiger partial charge in [-0.1, -0.05) is 48.2 Å². The zero-order chi connectivity index (χ0) is 20.6. The molecule has 0 aliphatic carbocycles. The van der Waals surface area contributed by atoms with E-state index >= 15 is 0 Å².